The van der Waals surface area contributed by atoms with Crippen LogP contribution in [0, 0.1) is 0 Å². The SMILES string of the molecule is CC(C)(C)NCCC(C)(O)c1ccc2ccccc2c1. The van der Waals surface area contributed by atoms with Gasteiger partial charge in [-0.15, -0.1) is 0 Å². The lowest BCUT2D eigenvalue weighted by Crippen LogP contribution is -2.39. The van der Waals surface area contributed by atoms with Crippen LogP contribution in [0.1, 0.15) is 39.7 Å². The van der Waals surface area contributed by atoms with Crippen LogP contribution in [0.5, 0.6) is 0 Å². The van der Waals surface area contributed by atoms with E-state index >= 15 is 0 Å². The molecule has 2 rings (SSSR count). The topological polar surface area (TPSA) is 32.3 Å². The number of benzene rings is 2. The zero-order valence-electron chi connectivity index (χ0n) is 12.9. The zero-order chi connectivity index (χ0) is 14.8. The third kappa shape index (κ3) is 3.81. The van der Waals surface area contributed by atoms with Gasteiger partial charge >= 0.3 is 0 Å². The first-order chi connectivity index (χ1) is 9.28. The lowest BCUT2D eigenvalue weighted by molar-refractivity contribution is 0.0465. The van der Waals surface area contributed by atoms with E-state index in [1.165, 1.54) is 10.8 Å². The number of nitrogens with one attached hydrogen (secondary N) is 1. The number of aliphatic hydroxyl groups is 1. The third-order valence-corrected chi connectivity index (χ3v) is 3.64. The molecule has 0 amide bonds. The molecule has 108 valence electrons. The van der Waals surface area contributed by atoms with Crippen LogP contribution in [-0.2, 0) is 5.60 Å². The summed E-state index contributed by atoms with van der Waals surface area (Å²) < 4.78 is 0. The predicted molar refractivity (Wildman–Crippen MR) is 85.9 cm³/mol. The summed E-state index contributed by atoms with van der Waals surface area (Å²) in [6.07, 6.45) is 0.697. The van der Waals surface area contributed by atoms with Gasteiger partial charge in [-0.2, -0.15) is 0 Å². The molecule has 0 bridgehead atoms. The predicted octanol–water partition coefficient (Wildman–Crippen LogP) is 3.83. The minimum absolute atomic E-state index is 0.0828. The smallest absolute Gasteiger partial charge is 0.0880 e. The molecule has 0 saturated carbocycles. The molecule has 1 unspecified atom stereocenters. The maximum absolute atomic E-state index is 10.7. The van der Waals surface area contributed by atoms with Crippen molar-refractivity contribution in [3.63, 3.8) is 0 Å². The summed E-state index contributed by atoms with van der Waals surface area (Å²) in [5, 5.41) is 16.5. The third-order valence-electron chi connectivity index (χ3n) is 3.64. The second-order valence-electron chi connectivity index (χ2n) is 6.76. The van der Waals surface area contributed by atoms with Crippen LogP contribution in [-0.4, -0.2) is 17.2 Å². The molecule has 0 heterocycles. The van der Waals surface area contributed by atoms with Crippen molar-refractivity contribution in [2.24, 2.45) is 0 Å². The summed E-state index contributed by atoms with van der Waals surface area (Å²) in [5.74, 6) is 0. The van der Waals surface area contributed by atoms with E-state index in [4.69, 9.17) is 0 Å². The minimum atomic E-state index is -0.803. The van der Waals surface area contributed by atoms with E-state index in [1.807, 2.05) is 25.1 Å². The normalized spacial score (nSPS) is 15.2. The molecule has 2 N–H and O–H groups in total. The second kappa shape index (κ2) is 5.55. The van der Waals surface area contributed by atoms with Crippen LogP contribution in [0.3, 0.4) is 0 Å². The van der Waals surface area contributed by atoms with Crippen molar-refractivity contribution >= 4 is 10.8 Å². The Balaban J connectivity index is 2.14. The van der Waals surface area contributed by atoms with Crippen LogP contribution in [0.4, 0.5) is 0 Å². The van der Waals surface area contributed by atoms with E-state index in [2.05, 4.69) is 50.4 Å². The molecule has 2 nitrogen and oxygen atoms in total. The summed E-state index contributed by atoms with van der Waals surface area (Å²) in [6, 6.07) is 14.4. The summed E-state index contributed by atoms with van der Waals surface area (Å²) in [4.78, 5) is 0. The first-order valence-electron chi connectivity index (χ1n) is 7.25. The Kier molecular flexibility index (Phi) is 4.17. The average Bonchev–Trinajstić information content (AvgIpc) is 2.36. The standard InChI is InChI=1S/C18H25NO/c1-17(2,3)19-12-11-18(4,20)16-10-9-14-7-5-6-8-15(14)13-16/h5-10,13,19-20H,11-12H2,1-4H3. The highest BCUT2D eigenvalue weighted by Crippen LogP contribution is 2.27. The van der Waals surface area contributed by atoms with Gasteiger partial charge in [-0.3, -0.25) is 0 Å². The van der Waals surface area contributed by atoms with Gasteiger partial charge in [0.15, 0.2) is 0 Å². The first kappa shape index (κ1) is 15.0. The van der Waals surface area contributed by atoms with Crippen LogP contribution >= 0.6 is 0 Å². The van der Waals surface area contributed by atoms with Gasteiger partial charge in [0.1, 0.15) is 0 Å². The summed E-state index contributed by atoms with van der Waals surface area (Å²) in [5.41, 5.74) is 0.258. The molecule has 0 aromatic heterocycles. The monoisotopic (exact) mass is 271 g/mol. The fourth-order valence-electron chi connectivity index (χ4n) is 2.35. The molecule has 2 heteroatoms. The molecule has 0 saturated heterocycles. The van der Waals surface area contributed by atoms with Gasteiger partial charge in [0.2, 0.25) is 0 Å². The first-order valence-corrected chi connectivity index (χ1v) is 7.25. The number of hydrogen-bond acceptors (Lipinski definition) is 2. The van der Waals surface area contributed by atoms with Gasteiger partial charge in [-0.25, -0.2) is 0 Å². The van der Waals surface area contributed by atoms with Crippen LogP contribution in [0.25, 0.3) is 10.8 Å². The summed E-state index contributed by atoms with van der Waals surface area (Å²) in [6.45, 7) is 9.10. The maximum atomic E-state index is 10.7. The number of hydrogen-bond donors (Lipinski definition) is 2. The van der Waals surface area contributed by atoms with Crippen molar-refractivity contribution in [2.45, 2.75) is 45.3 Å². The molecule has 0 fully saturated rings. The molecule has 20 heavy (non-hydrogen) atoms. The van der Waals surface area contributed by atoms with Gasteiger partial charge < -0.3 is 10.4 Å². The van der Waals surface area contributed by atoms with Crippen molar-refractivity contribution in [1.82, 2.24) is 5.32 Å². The molecular formula is C18H25NO. The van der Waals surface area contributed by atoms with Crippen molar-refractivity contribution in [1.29, 1.82) is 0 Å². The molecule has 2 aromatic rings. The zero-order valence-corrected chi connectivity index (χ0v) is 12.9. The van der Waals surface area contributed by atoms with Crippen molar-refractivity contribution in [2.75, 3.05) is 6.54 Å². The highest BCUT2D eigenvalue weighted by Gasteiger charge is 2.23. The van der Waals surface area contributed by atoms with Crippen LogP contribution in [0.15, 0.2) is 42.5 Å². The Morgan fingerprint density at radius 3 is 2.25 bits per heavy atom. The minimum Gasteiger partial charge on any atom is -0.385 e. The summed E-state index contributed by atoms with van der Waals surface area (Å²) in [7, 11) is 0. The van der Waals surface area contributed by atoms with Gasteiger partial charge in [0.25, 0.3) is 0 Å². The largest absolute Gasteiger partial charge is 0.385 e. The Morgan fingerprint density at radius 2 is 1.60 bits per heavy atom. The second-order valence-corrected chi connectivity index (χ2v) is 6.76. The fourth-order valence-corrected chi connectivity index (χ4v) is 2.35. The van der Waals surface area contributed by atoms with Crippen molar-refractivity contribution < 1.29 is 5.11 Å². The van der Waals surface area contributed by atoms with Gasteiger partial charge in [-0.05, 0) is 63.1 Å². The average molecular weight is 271 g/mol. The quantitative estimate of drug-likeness (QED) is 0.886. The van der Waals surface area contributed by atoms with E-state index in [0.29, 0.717) is 6.42 Å². The molecule has 0 radical (unpaired) electrons. The van der Waals surface area contributed by atoms with Gasteiger partial charge in [-0.1, -0.05) is 36.4 Å². The van der Waals surface area contributed by atoms with E-state index in [9.17, 15) is 5.11 Å². The van der Waals surface area contributed by atoms with Gasteiger partial charge in [0, 0.05) is 5.54 Å². The van der Waals surface area contributed by atoms with Crippen LogP contribution in [0.2, 0.25) is 0 Å². The molecular weight excluding hydrogens is 246 g/mol. The summed E-state index contributed by atoms with van der Waals surface area (Å²) >= 11 is 0. The molecule has 1 atom stereocenters. The highest BCUT2D eigenvalue weighted by molar-refractivity contribution is 5.83. The van der Waals surface area contributed by atoms with Crippen LogP contribution < -0.4 is 5.32 Å². The molecule has 0 spiro atoms. The molecule has 0 aliphatic heterocycles. The van der Waals surface area contributed by atoms with E-state index < -0.39 is 5.60 Å². The number of fused-ring (bicyclic) bond motifs is 1. The van der Waals surface area contributed by atoms with E-state index in [-0.39, 0.29) is 5.54 Å². The Morgan fingerprint density at radius 1 is 0.950 bits per heavy atom. The fraction of sp³-hybridized carbons (Fsp3) is 0.444. The van der Waals surface area contributed by atoms with Gasteiger partial charge in [0.05, 0.1) is 5.60 Å². The number of rotatable bonds is 4. The maximum Gasteiger partial charge on any atom is 0.0880 e. The lowest BCUT2D eigenvalue weighted by atomic mass is 9.90. The highest BCUT2D eigenvalue weighted by atomic mass is 16.3. The van der Waals surface area contributed by atoms with Crippen molar-refractivity contribution in [3.8, 4) is 0 Å². The van der Waals surface area contributed by atoms with E-state index in [0.717, 1.165) is 12.1 Å². The Bertz CT molecular complexity index is 581. The Labute approximate surface area is 121 Å². The Hall–Kier alpha value is -1.38. The molecule has 0 aliphatic carbocycles. The lowest BCUT2D eigenvalue weighted by Gasteiger charge is -2.27. The molecule has 2 aromatic carbocycles. The van der Waals surface area contributed by atoms with Crippen molar-refractivity contribution in [3.05, 3.63) is 48.0 Å². The van der Waals surface area contributed by atoms with E-state index in [1.54, 1.807) is 0 Å². The molecule has 0 aliphatic rings.